The zero-order chi connectivity index (χ0) is 33.0. The van der Waals surface area contributed by atoms with Crippen molar-refractivity contribution < 1.29 is 0 Å². The van der Waals surface area contributed by atoms with E-state index in [2.05, 4.69) is 203 Å². The summed E-state index contributed by atoms with van der Waals surface area (Å²) in [5, 5.41) is 5.03. The van der Waals surface area contributed by atoms with E-state index in [9.17, 15) is 0 Å². The molecule has 0 atom stereocenters. The number of rotatable bonds is 5. The SMILES string of the molecule is c1ccc(-c2ccc(-c3cccc(-n4c5ccccc5c5cc(-c6ccc7c(c6)c6ccccc6n7-c6ccccc6)ccc54)c3)cc2)cc1. The molecule has 10 rings (SSSR count). The van der Waals surface area contributed by atoms with Crippen LogP contribution in [-0.4, -0.2) is 9.13 Å². The molecule has 0 saturated heterocycles. The summed E-state index contributed by atoms with van der Waals surface area (Å²) in [4.78, 5) is 0. The van der Waals surface area contributed by atoms with E-state index in [1.165, 1.54) is 82.7 Å². The molecule has 0 aliphatic rings. The highest BCUT2D eigenvalue weighted by atomic mass is 15.0. The lowest BCUT2D eigenvalue weighted by molar-refractivity contribution is 1.18. The van der Waals surface area contributed by atoms with Crippen LogP contribution in [0, 0.1) is 0 Å². The Morgan fingerprint density at radius 3 is 1.20 bits per heavy atom. The molecule has 0 aliphatic heterocycles. The van der Waals surface area contributed by atoms with E-state index in [0.717, 1.165) is 5.69 Å². The van der Waals surface area contributed by atoms with Crippen LogP contribution in [0.1, 0.15) is 0 Å². The molecule has 0 spiro atoms. The van der Waals surface area contributed by atoms with Crippen molar-refractivity contribution >= 4 is 43.6 Å². The van der Waals surface area contributed by atoms with E-state index < -0.39 is 0 Å². The third kappa shape index (κ3) is 4.57. The van der Waals surface area contributed by atoms with Crippen molar-refractivity contribution in [3.8, 4) is 44.8 Å². The zero-order valence-electron chi connectivity index (χ0n) is 27.4. The summed E-state index contributed by atoms with van der Waals surface area (Å²) in [7, 11) is 0. The van der Waals surface area contributed by atoms with Crippen molar-refractivity contribution in [1.82, 2.24) is 9.13 Å². The van der Waals surface area contributed by atoms with Crippen LogP contribution in [0.4, 0.5) is 0 Å². The van der Waals surface area contributed by atoms with Crippen LogP contribution >= 0.6 is 0 Å². The van der Waals surface area contributed by atoms with E-state index in [-0.39, 0.29) is 0 Å². The van der Waals surface area contributed by atoms with Gasteiger partial charge in [-0.25, -0.2) is 0 Å². The highest BCUT2D eigenvalue weighted by molar-refractivity contribution is 6.12. The number of hydrogen-bond donors (Lipinski definition) is 0. The first-order chi connectivity index (χ1) is 24.8. The fourth-order valence-corrected chi connectivity index (χ4v) is 7.75. The number of hydrogen-bond acceptors (Lipinski definition) is 0. The van der Waals surface area contributed by atoms with Gasteiger partial charge < -0.3 is 9.13 Å². The molecular formula is C48H32N2. The molecule has 2 nitrogen and oxygen atoms in total. The Hall–Kier alpha value is -6.64. The van der Waals surface area contributed by atoms with Gasteiger partial charge in [-0.3, -0.25) is 0 Å². The molecule has 0 unspecified atom stereocenters. The molecule has 0 radical (unpaired) electrons. The van der Waals surface area contributed by atoms with Gasteiger partial charge in [-0.05, 0) is 94.0 Å². The monoisotopic (exact) mass is 636 g/mol. The van der Waals surface area contributed by atoms with Gasteiger partial charge >= 0.3 is 0 Å². The molecule has 50 heavy (non-hydrogen) atoms. The molecule has 2 heterocycles. The Labute approximate surface area is 290 Å². The van der Waals surface area contributed by atoms with Crippen LogP contribution in [0.2, 0.25) is 0 Å². The van der Waals surface area contributed by atoms with Crippen molar-refractivity contribution in [2.45, 2.75) is 0 Å². The third-order valence-electron chi connectivity index (χ3n) is 10.1. The van der Waals surface area contributed by atoms with Gasteiger partial charge in [0.05, 0.1) is 22.1 Å². The summed E-state index contributed by atoms with van der Waals surface area (Å²) in [6.45, 7) is 0. The molecular weight excluding hydrogens is 605 g/mol. The summed E-state index contributed by atoms with van der Waals surface area (Å²) in [6, 6.07) is 70.4. The van der Waals surface area contributed by atoms with Gasteiger partial charge in [-0.1, -0.05) is 133 Å². The second kappa shape index (κ2) is 11.5. The maximum absolute atomic E-state index is 2.41. The first-order valence-electron chi connectivity index (χ1n) is 17.2. The lowest BCUT2D eigenvalue weighted by Crippen LogP contribution is -1.94. The maximum Gasteiger partial charge on any atom is 0.0541 e. The summed E-state index contributed by atoms with van der Waals surface area (Å²) in [5.74, 6) is 0. The minimum Gasteiger partial charge on any atom is -0.309 e. The number of nitrogens with zero attached hydrogens (tertiary/aromatic N) is 2. The molecule has 234 valence electrons. The van der Waals surface area contributed by atoms with Gasteiger partial charge in [0.25, 0.3) is 0 Å². The van der Waals surface area contributed by atoms with E-state index >= 15 is 0 Å². The fourth-order valence-electron chi connectivity index (χ4n) is 7.75. The van der Waals surface area contributed by atoms with Crippen LogP contribution in [0.5, 0.6) is 0 Å². The largest absolute Gasteiger partial charge is 0.309 e. The van der Waals surface area contributed by atoms with E-state index in [1.54, 1.807) is 0 Å². The summed E-state index contributed by atoms with van der Waals surface area (Å²) in [5.41, 5.74) is 14.5. The average molecular weight is 637 g/mol. The topological polar surface area (TPSA) is 9.86 Å². The van der Waals surface area contributed by atoms with Crippen LogP contribution in [-0.2, 0) is 0 Å². The first kappa shape index (κ1) is 28.4. The molecule has 0 aliphatic carbocycles. The van der Waals surface area contributed by atoms with Crippen molar-refractivity contribution in [3.05, 3.63) is 194 Å². The Balaban J connectivity index is 1.08. The highest BCUT2D eigenvalue weighted by Crippen LogP contribution is 2.38. The Kier molecular flexibility index (Phi) is 6.53. The smallest absolute Gasteiger partial charge is 0.0541 e. The van der Waals surface area contributed by atoms with E-state index in [1.807, 2.05) is 0 Å². The second-order valence-corrected chi connectivity index (χ2v) is 13.0. The van der Waals surface area contributed by atoms with Gasteiger partial charge in [0.2, 0.25) is 0 Å². The predicted octanol–water partition coefficient (Wildman–Crippen LogP) is 12.9. The molecule has 2 heteroatoms. The maximum atomic E-state index is 2.41. The molecule has 0 fully saturated rings. The number of aromatic nitrogens is 2. The Morgan fingerprint density at radius 2 is 0.600 bits per heavy atom. The number of para-hydroxylation sites is 3. The van der Waals surface area contributed by atoms with Crippen molar-refractivity contribution in [2.24, 2.45) is 0 Å². The lowest BCUT2D eigenvalue weighted by atomic mass is 10.00. The molecule has 2 aromatic heterocycles. The number of fused-ring (bicyclic) bond motifs is 6. The third-order valence-corrected chi connectivity index (χ3v) is 10.1. The zero-order valence-corrected chi connectivity index (χ0v) is 27.4. The summed E-state index contributed by atoms with van der Waals surface area (Å²) >= 11 is 0. The standard InChI is InChI=1S/C48H32N2/c1-3-12-33(13-4-1)34-22-24-35(25-23-34)36-14-11-17-40(30-36)50-46-21-10-8-19-42(46)44-32-38(27-29-48(44)50)37-26-28-47-43(31-37)41-18-7-9-20-45(41)49(47)39-15-5-2-6-16-39/h1-32H. The molecule has 0 amide bonds. The van der Waals surface area contributed by atoms with Gasteiger partial charge in [-0.15, -0.1) is 0 Å². The van der Waals surface area contributed by atoms with Gasteiger partial charge in [-0.2, -0.15) is 0 Å². The van der Waals surface area contributed by atoms with Crippen LogP contribution < -0.4 is 0 Å². The molecule has 0 saturated carbocycles. The number of benzene rings is 8. The predicted molar refractivity (Wildman–Crippen MR) is 211 cm³/mol. The average Bonchev–Trinajstić information content (AvgIpc) is 3.71. The first-order valence-corrected chi connectivity index (χ1v) is 17.2. The quantitative estimate of drug-likeness (QED) is 0.178. The summed E-state index contributed by atoms with van der Waals surface area (Å²) in [6.07, 6.45) is 0. The summed E-state index contributed by atoms with van der Waals surface area (Å²) < 4.78 is 4.78. The minimum absolute atomic E-state index is 1.16. The van der Waals surface area contributed by atoms with Gasteiger partial charge in [0, 0.05) is 32.9 Å². The Bertz CT molecular complexity index is 2840. The van der Waals surface area contributed by atoms with Crippen LogP contribution in [0.25, 0.3) is 88.4 Å². The molecule has 10 aromatic rings. The highest BCUT2D eigenvalue weighted by Gasteiger charge is 2.16. The second-order valence-electron chi connectivity index (χ2n) is 13.0. The van der Waals surface area contributed by atoms with Crippen molar-refractivity contribution in [1.29, 1.82) is 0 Å². The van der Waals surface area contributed by atoms with Gasteiger partial charge in [0.15, 0.2) is 0 Å². The van der Waals surface area contributed by atoms with E-state index in [0.29, 0.717) is 0 Å². The van der Waals surface area contributed by atoms with Crippen molar-refractivity contribution in [3.63, 3.8) is 0 Å². The van der Waals surface area contributed by atoms with Crippen LogP contribution in [0.3, 0.4) is 0 Å². The lowest BCUT2D eigenvalue weighted by Gasteiger charge is -2.11. The van der Waals surface area contributed by atoms with Crippen molar-refractivity contribution in [2.75, 3.05) is 0 Å². The van der Waals surface area contributed by atoms with E-state index in [4.69, 9.17) is 0 Å². The minimum atomic E-state index is 1.16. The fraction of sp³-hybridized carbons (Fsp3) is 0. The molecule has 0 N–H and O–H groups in total. The van der Waals surface area contributed by atoms with Gasteiger partial charge in [0.1, 0.15) is 0 Å². The van der Waals surface area contributed by atoms with Crippen LogP contribution in [0.15, 0.2) is 194 Å². The Morgan fingerprint density at radius 1 is 0.220 bits per heavy atom. The molecule has 8 aromatic carbocycles. The molecule has 0 bridgehead atoms. The normalized spacial score (nSPS) is 11.6.